The van der Waals surface area contributed by atoms with Crippen molar-refractivity contribution in [2.45, 2.75) is 66.2 Å². The molecule has 244 valence electrons. The van der Waals surface area contributed by atoms with Gasteiger partial charge < -0.3 is 9.80 Å². The minimum absolute atomic E-state index is 1.14. The van der Waals surface area contributed by atoms with Crippen molar-refractivity contribution in [3.8, 4) is 0 Å². The van der Waals surface area contributed by atoms with E-state index in [0.717, 1.165) is 12.8 Å². The second kappa shape index (κ2) is 16.1. The number of nitrogens with zero attached hydrogens (tertiary/aromatic N) is 2. The minimum atomic E-state index is 1.14. The Morgan fingerprint density at radius 1 is 0.458 bits per heavy atom. The molecule has 4 heteroatoms. The van der Waals surface area contributed by atoms with E-state index >= 15 is 0 Å². The van der Waals surface area contributed by atoms with Crippen LogP contribution in [0.2, 0.25) is 0 Å². The summed E-state index contributed by atoms with van der Waals surface area (Å²) in [4.78, 5) is 4.77. The first-order valence-electron chi connectivity index (χ1n) is 17.3. The second-order valence-electron chi connectivity index (χ2n) is 12.5. The minimum Gasteiger partial charge on any atom is -0.302 e. The first kappa shape index (κ1) is 33.5. The molecule has 0 aliphatic carbocycles. The average molecular weight is 667 g/mol. The number of aryl methyl sites for hydroxylation is 4. The van der Waals surface area contributed by atoms with Gasteiger partial charge in [-0.15, -0.1) is 22.7 Å². The SMILES string of the molecule is CCCCc1ccc(N(c2ccc(C=Cc3ccc(N(c4ccc(CCCC)cc4)c4sccc4C)cc3)cc2)c2sccc2C)cc1. The maximum atomic E-state index is 2.38. The fourth-order valence-electron chi connectivity index (χ4n) is 6.00. The van der Waals surface area contributed by atoms with Crippen LogP contribution in [0.1, 0.15) is 72.9 Å². The summed E-state index contributed by atoms with van der Waals surface area (Å²) in [6.07, 6.45) is 11.6. The predicted molar refractivity (Wildman–Crippen MR) is 214 cm³/mol. The van der Waals surface area contributed by atoms with Crippen LogP contribution in [0, 0.1) is 13.8 Å². The summed E-state index contributed by atoms with van der Waals surface area (Å²) in [5.74, 6) is 0. The fraction of sp³-hybridized carbons (Fsp3) is 0.227. The molecular formula is C44H46N2S2. The van der Waals surface area contributed by atoms with E-state index in [1.165, 1.54) is 91.8 Å². The summed E-state index contributed by atoms with van der Waals surface area (Å²) >= 11 is 3.58. The van der Waals surface area contributed by atoms with E-state index in [2.05, 4.69) is 170 Å². The van der Waals surface area contributed by atoms with Crippen molar-refractivity contribution in [2.75, 3.05) is 9.80 Å². The standard InChI is InChI=1S/C44H46N2S2/c1-5-7-9-35-13-21-39(22-14-35)45(43-33(3)29-31-47-43)41-25-17-37(18-26-41)11-12-38-19-27-42(28-20-38)46(44-34(4)30-32-48-44)40-23-15-36(16-24-40)10-8-6-2/h11-32H,5-10H2,1-4H3. The van der Waals surface area contributed by atoms with Gasteiger partial charge in [0, 0.05) is 22.7 Å². The van der Waals surface area contributed by atoms with Gasteiger partial charge in [-0.25, -0.2) is 0 Å². The summed E-state index contributed by atoms with van der Waals surface area (Å²) in [5.41, 5.74) is 12.5. The van der Waals surface area contributed by atoms with Crippen LogP contribution in [-0.2, 0) is 12.8 Å². The lowest BCUT2D eigenvalue weighted by molar-refractivity contribution is 0.795. The van der Waals surface area contributed by atoms with Crippen LogP contribution < -0.4 is 9.80 Å². The molecule has 0 aliphatic rings. The Balaban J connectivity index is 1.20. The van der Waals surface area contributed by atoms with Crippen LogP contribution in [0.25, 0.3) is 12.2 Å². The van der Waals surface area contributed by atoms with Crippen molar-refractivity contribution in [3.63, 3.8) is 0 Å². The molecule has 0 aliphatic heterocycles. The van der Waals surface area contributed by atoms with Gasteiger partial charge in [-0.3, -0.25) is 0 Å². The summed E-state index contributed by atoms with van der Waals surface area (Å²) in [6, 6.07) is 40.5. The normalized spacial score (nSPS) is 11.3. The largest absolute Gasteiger partial charge is 0.302 e. The van der Waals surface area contributed by atoms with E-state index in [1.54, 1.807) is 22.7 Å². The highest BCUT2D eigenvalue weighted by Crippen LogP contribution is 2.41. The number of rotatable bonds is 14. The Kier molecular flexibility index (Phi) is 11.3. The van der Waals surface area contributed by atoms with Gasteiger partial charge in [0.1, 0.15) is 10.0 Å². The number of anilines is 6. The van der Waals surface area contributed by atoms with Gasteiger partial charge in [-0.1, -0.05) is 87.4 Å². The van der Waals surface area contributed by atoms with E-state index < -0.39 is 0 Å². The zero-order valence-electron chi connectivity index (χ0n) is 28.7. The Bertz CT molecular complexity index is 1750. The molecule has 6 rings (SSSR count). The molecule has 0 saturated carbocycles. The molecular weight excluding hydrogens is 621 g/mol. The highest BCUT2D eigenvalue weighted by Gasteiger charge is 2.17. The molecule has 2 aromatic heterocycles. The first-order valence-corrected chi connectivity index (χ1v) is 19.0. The van der Waals surface area contributed by atoms with Crippen LogP contribution >= 0.6 is 22.7 Å². The zero-order chi connectivity index (χ0) is 33.3. The molecule has 0 bridgehead atoms. The lowest BCUT2D eigenvalue weighted by atomic mass is 10.1. The third-order valence-corrected chi connectivity index (χ3v) is 10.9. The molecule has 0 radical (unpaired) electrons. The molecule has 0 amide bonds. The van der Waals surface area contributed by atoms with Gasteiger partial charge in [-0.2, -0.15) is 0 Å². The number of benzene rings is 4. The summed E-state index contributed by atoms with van der Waals surface area (Å²) < 4.78 is 0. The predicted octanol–water partition coefficient (Wildman–Crippen LogP) is 14.2. The van der Waals surface area contributed by atoms with Crippen molar-refractivity contribution in [1.82, 2.24) is 0 Å². The molecule has 0 unspecified atom stereocenters. The van der Waals surface area contributed by atoms with Crippen molar-refractivity contribution in [2.24, 2.45) is 0 Å². The van der Waals surface area contributed by atoms with Gasteiger partial charge in [0.2, 0.25) is 0 Å². The third kappa shape index (κ3) is 8.01. The van der Waals surface area contributed by atoms with Crippen molar-refractivity contribution < 1.29 is 0 Å². The number of thiophene rings is 2. The maximum Gasteiger partial charge on any atom is 0.103 e. The fourth-order valence-corrected chi connectivity index (χ4v) is 7.94. The molecule has 6 aromatic rings. The van der Waals surface area contributed by atoms with Gasteiger partial charge >= 0.3 is 0 Å². The Morgan fingerprint density at radius 3 is 1.08 bits per heavy atom. The molecule has 0 saturated heterocycles. The lowest BCUT2D eigenvalue weighted by Crippen LogP contribution is -2.09. The van der Waals surface area contributed by atoms with Gasteiger partial charge in [0.05, 0.1) is 0 Å². The van der Waals surface area contributed by atoms with Gasteiger partial charge in [0.15, 0.2) is 0 Å². The molecule has 0 N–H and O–H groups in total. The van der Waals surface area contributed by atoms with Crippen LogP contribution in [0.4, 0.5) is 32.8 Å². The second-order valence-corrected chi connectivity index (χ2v) is 14.3. The van der Waals surface area contributed by atoms with Gasteiger partial charge in [0.25, 0.3) is 0 Å². The molecule has 48 heavy (non-hydrogen) atoms. The summed E-state index contributed by atoms with van der Waals surface area (Å²) in [7, 11) is 0. The van der Waals surface area contributed by atoms with Crippen LogP contribution in [-0.4, -0.2) is 0 Å². The smallest absolute Gasteiger partial charge is 0.103 e. The van der Waals surface area contributed by atoms with E-state index in [1.807, 2.05) is 0 Å². The molecule has 0 spiro atoms. The lowest BCUT2D eigenvalue weighted by Gasteiger charge is -2.25. The van der Waals surface area contributed by atoms with Crippen molar-refractivity contribution >= 4 is 67.6 Å². The molecule has 4 aromatic carbocycles. The van der Waals surface area contributed by atoms with E-state index in [4.69, 9.17) is 0 Å². The Hall–Kier alpha value is -4.38. The first-order chi connectivity index (χ1) is 23.5. The van der Waals surface area contributed by atoms with E-state index in [0.29, 0.717) is 0 Å². The monoisotopic (exact) mass is 666 g/mol. The average Bonchev–Trinajstić information content (AvgIpc) is 3.75. The molecule has 2 nitrogen and oxygen atoms in total. The molecule has 0 atom stereocenters. The molecule has 0 fully saturated rings. The third-order valence-electron chi connectivity index (χ3n) is 8.87. The Morgan fingerprint density at radius 2 is 0.792 bits per heavy atom. The van der Waals surface area contributed by atoms with Gasteiger partial charge in [-0.05, 0) is 144 Å². The Labute approximate surface area is 295 Å². The zero-order valence-corrected chi connectivity index (χ0v) is 30.3. The highest BCUT2D eigenvalue weighted by atomic mass is 32.1. The number of hydrogen-bond acceptors (Lipinski definition) is 4. The number of unbranched alkanes of at least 4 members (excludes halogenated alkanes) is 2. The van der Waals surface area contributed by atoms with E-state index in [-0.39, 0.29) is 0 Å². The highest BCUT2D eigenvalue weighted by molar-refractivity contribution is 7.14. The summed E-state index contributed by atoms with van der Waals surface area (Å²) in [5, 5.41) is 6.89. The van der Waals surface area contributed by atoms with Crippen LogP contribution in [0.3, 0.4) is 0 Å². The van der Waals surface area contributed by atoms with E-state index in [9.17, 15) is 0 Å². The van der Waals surface area contributed by atoms with Crippen molar-refractivity contribution in [3.05, 3.63) is 153 Å². The number of hydrogen-bond donors (Lipinski definition) is 0. The quantitative estimate of drug-likeness (QED) is 0.107. The van der Waals surface area contributed by atoms with Crippen LogP contribution in [0.5, 0.6) is 0 Å². The van der Waals surface area contributed by atoms with Crippen LogP contribution in [0.15, 0.2) is 120 Å². The van der Waals surface area contributed by atoms with Crippen molar-refractivity contribution in [1.29, 1.82) is 0 Å². The topological polar surface area (TPSA) is 6.48 Å². The maximum absolute atomic E-state index is 2.38. The summed E-state index contributed by atoms with van der Waals surface area (Å²) in [6.45, 7) is 8.89. The molecule has 2 heterocycles.